The van der Waals surface area contributed by atoms with Gasteiger partial charge >= 0.3 is 0 Å². The van der Waals surface area contributed by atoms with Crippen molar-refractivity contribution in [2.75, 3.05) is 16.8 Å². The van der Waals surface area contributed by atoms with Crippen molar-refractivity contribution in [1.82, 2.24) is 9.97 Å². The summed E-state index contributed by atoms with van der Waals surface area (Å²) in [6.07, 6.45) is 6.86. The molecule has 1 saturated heterocycles. The molecule has 0 amide bonds. The molecule has 3 rings (SSSR count). The monoisotopic (exact) mass is 338 g/mol. The van der Waals surface area contributed by atoms with Crippen molar-refractivity contribution in [1.29, 1.82) is 0 Å². The van der Waals surface area contributed by atoms with Crippen molar-refractivity contribution >= 4 is 17.5 Å². The van der Waals surface area contributed by atoms with E-state index < -0.39 is 0 Å². The predicted octanol–water partition coefficient (Wildman–Crippen LogP) is 5.29. The van der Waals surface area contributed by atoms with E-state index in [2.05, 4.69) is 67.2 Å². The molecule has 1 fully saturated rings. The van der Waals surface area contributed by atoms with Gasteiger partial charge in [0.15, 0.2) is 0 Å². The molecule has 0 radical (unpaired) electrons. The molecule has 1 aliphatic heterocycles. The normalized spacial score (nSPS) is 18.2. The lowest BCUT2D eigenvalue weighted by Crippen LogP contribution is -2.39. The summed E-state index contributed by atoms with van der Waals surface area (Å²) in [5.74, 6) is 1.71. The summed E-state index contributed by atoms with van der Waals surface area (Å²) >= 11 is 0. The van der Waals surface area contributed by atoms with E-state index in [1.165, 1.54) is 31.2 Å². The van der Waals surface area contributed by atoms with Crippen LogP contribution in [-0.4, -0.2) is 22.6 Å². The molecule has 4 heteroatoms. The quantitative estimate of drug-likeness (QED) is 0.822. The first kappa shape index (κ1) is 17.7. The number of hydrogen-bond donors (Lipinski definition) is 1. The Kier molecular flexibility index (Phi) is 5.26. The highest BCUT2D eigenvalue weighted by molar-refractivity contribution is 5.61. The molecule has 0 spiro atoms. The van der Waals surface area contributed by atoms with Crippen LogP contribution in [-0.2, 0) is 5.41 Å². The van der Waals surface area contributed by atoms with Gasteiger partial charge in [-0.25, -0.2) is 4.98 Å². The van der Waals surface area contributed by atoms with Crippen LogP contribution in [0, 0.1) is 0 Å². The largest absolute Gasteiger partial charge is 0.353 e. The molecule has 1 aliphatic rings. The molecule has 0 saturated carbocycles. The maximum Gasteiger partial charge on any atom is 0.229 e. The summed E-state index contributed by atoms with van der Waals surface area (Å²) in [4.78, 5) is 11.7. The summed E-state index contributed by atoms with van der Waals surface area (Å²) in [6, 6.07) is 11.0. The van der Waals surface area contributed by atoms with E-state index in [9.17, 15) is 0 Å². The van der Waals surface area contributed by atoms with Gasteiger partial charge in [0.05, 0.1) is 0 Å². The highest BCUT2D eigenvalue weighted by Crippen LogP contribution is 2.31. The number of nitrogens with one attached hydrogen (secondary N) is 1. The van der Waals surface area contributed by atoms with Crippen LogP contribution in [0.5, 0.6) is 0 Å². The average molecular weight is 338 g/mol. The van der Waals surface area contributed by atoms with Gasteiger partial charge in [0.1, 0.15) is 5.82 Å². The molecule has 2 heterocycles. The zero-order valence-corrected chi connectivity index (χ0v) is 15.9. The summed E-state index contributed by atoms with van der Waals surface area (Å²) in [6.45, 7) is 10.0. The van der Waals surface area contributed by atoms with Gasteiger partial charge in [0.25, 0.3) is 0 Å². The van der Waals surface area contributed by atoms with Gasteiger partial charge in [-0.3, -0.25) is 0 Å². The number of anilines is 3. The van der Waals surface area contributed by atoms with Crippen LogP contribution in [0.4, 0.5) is 17.5 Å². The number of rotatable bonds is 4. The number of nitrogens with zero attached hydrogens (tertiary/aromatic N) is 3. The molecule has 1 aromatic heterocycles. The highest BCUT2D eigenvalue weighted by Gasteiger charge is 2.23. The van der Waals surface area contributed by atoms with E-state index in [1.54, 1.807) is 0 Å². The maximum absolute atomic E-state index is 4.82. The van der Waals surface area contributed by atoms with Crippen molar-refractivity contribution < 1.29 is 0 Å². The van der Waals surface area contributed by atoms with Crippen molar-refractivity contribution in [3.05, 3.63) is 42.1 Å². The van der Waals surface area contributed by atoms with E-state index in [4.69, 9.17) is 4.98 Å². The van der Waals surface area contributed by atoms with E-state index in [0.29, 0.717) is 12.0 Å². The third-order valence-electron chi connectivity index (χ3n) is 5.02. The number of benzene rings is 1. The van der Waals surface area contributed by atoms with Crippen LogP contribution in [0.25, 0.3) is 0 Å². The Hall–Kier alpha value is -2.10. The summed E-state index contributed by atoms with van der Waals surface area (Å²) in [5, 5.41) is 3.44. The third-order valence-corrected chi connectivity index (χ3v) is 5.02. The van der Waals surface area contributed by atoms with Crippen LogP contribution < -0.4 is 10.2 Å². The zero-order valence-electron chi connectivity index (χ0n) is 15.9. The van der Waals surface area contributed by atoms with E-state index in [1.807, 2.05) is 12.3 Å². The second kappa shape index (κ2) is 7.42. The van der Waals surface area contributed by atoms with Crippen molar-refractivity contribution in [3.63, 3.8) is 0 Å². The van der Waals surface area contributed by atoms with Gasteiger partial charge in [-0.05, 0) is 48.8 Å². The molecule has 0 bridgehead atoms. The Morgan fingerprint density at radius 1 is 1.16 bits per heavy atom. The Labute approximate surface area is 151 Å². The number of para-hydroxylation sites is 1. The van der Waals surface area contributed by atoms with Crippen LogP contribution >= 0.6 is 0 Å². The highest BCUT2D eigenvalue weighted by atomic mass is 15.2. The molecule has 2 aromatic rings. The minimum Gasteiger partial charge on any atom is -0.353 e. The first-order chi connectivity index (χ1) is 12.0. The SMILES string of the molecule is CCC1CCCCN1c1ccnc(Nc2ccccc2C(C)(C)C)n1. The minimum absolute atomic E-state index is 0.0708. The maximum atomic E-state index is 4.82. The molecule has 1 atom stereocenters. The van der Waals surface area contributed by atoms with E-state index >= 15 is 0 Å². The number of piperidine rings is 1. The Bertz CT molecular complexity index is 705. The van der Waals surface area contributed by atoms with Gasteiger partial charge in [0.2, 0.25) is 5.95 Å². The Morgan fingerprint density at radius 3 is 2.72 bits per heavy atom. The second-order valence-corrected chi connectivity index (χ2v) is 7.91. The first-order valence-corrected chi connectivity index (χ1v) is 9.45. The lowest BCUT2D eigenvalue weighted by molar-refractivity contribution is 0.447. The lowest BCUT2D eigenvalue weighted by Gasteiger charge is -2.36. The fourth-order valence-corrected chi connectivity index (χ4v) is 3.66. The Morgan fingerprint density at radius 2 is 1.96 bits per heavy atom. The molecule has 134 valence electrons. The fraction of sp³-hybridized carbons (Fsp3) is 0.524. The second-order valence-electron chi connectivity index (χ2n) is 7.91. The van der Waals surface area contributed by atoms with Gasteiger partial charge in [-0.1, -0.05) is 45.9 Å². The average Bonchev–Trinajstić information content (AvgIpc) is 2.61. The summed E-state index contributed by atoms with van der Waals surface area (Å²) < 4.78 is 0. The lowest BCUT2D eigenvalue weighted by atomic mass is 9.86. The number of hydrogen-bond acceptors (Lipinski definition) is 4. The topological polar surface area (TPSA) is 41.1 Å². The van der Waals surface area contributed by atoms with Gasteiger partial charge in [0, 0.05) is 24.5 Å². The van der Waals surface area contributed by atoms with Crippen molar-refractivity contribution in [3.8, 4) is 0 Å². The molecular formula is C21H30N4. The molecule has 0 aliphatic carbocycles. The van der Waals surface area contributed by atoms with Crippen LogP contribution in [0.3, 0.4) is 0 Å². The smallest absolute Gasteiger partial charge is 0.229 e. The molecule has 1 aromatic carbocycles. The Balaban J connectivity index is 1.86. The van der Waals surface area contributed by atoms with Crippen LogP contribution in [0.15, 0.2) is 36.5 Å². The predicted molar refractivity (Wildman–Crippen MR) is 106 cm³/mol. The van der Waals surface area contributed by atoms with E-state index in [-0.39, 0.29) is 5.41 Å². The number of aromatic nitrogens is 2. The molecule has 25 heavy (non-hydrogen) atoms. The van der Waals surface area contributed by atoms with Gasteiger partial charge in [-0.2, -0.15) is 4.98 Å². The molecule has 4 nitrogen and oxygen atoms in total. The third kappa shape index (κ3) is 4.12. The first-order valence-electron chi connectivity index (χ1n) is 9.45. The fourth-order valence-electron chi connectivity index (χ4n) is 3.66. The molecule has 1 N–H and O–H groups in total. The zero-order chi connectivity index (χ0) is 17.9. The van der Waals surface area contributed by atoms with E-state index in [0.717, 1.165) is 18.1 Å². The van der Waals surface area contributed by atoms with Crippen molar-refractivity contribution in [2.24, 2.45) is 0 Å². The molecule has 1 unspecified atom stereocenters. The van der Waals surface area contributed by atoms with Gasteiger partial charge < -0.3 is 10.2 Å². The summed E-state index contributed by atoms with van der Waals surface area (Å²) in [5.41, 5.74) is 2.42. The summed E-state index contributed by atoms with van der Waals surface area (Å²) in [7, 11) is 0. The van der Waals surface area contributed by atoms with Crippen LogP contribution in [0.1, 0.15) is 58.9 Å². The van der Waals surface area contributed by atoms with Gasteiger partial charge in [-0.15, -0.1) is 0 Å². The van der Waals surface area contributed by atoms with Crippen LogP contribution in [0.2, 0.25) is 0 Å². The standard InChI is InChI=1S/C21H30N4/c1-5-16-10-8-9-15-25(16)19-13-14-22-20(24-19)23-18-12-7-6-11-17(18)21(2,3)4/h6-7,11-14,16H,5,8-10,15H2,1-4H3,(H,22,23,24). The molecular weight excluding hydrogens is 308 g/mol. The van der Waals surface area contributed by atoms with Crippen molar-refractivity contribution in [2.45, 2.75) is 64.8 Å². The minimum atomic E-state index is 0.0708.